The molecule has 1 aliphatic carbocycles. The van der Waals surface area contributed by atoms with Crippen molar-refractivity contribution in [1.82, 2.24) is 0 Å². The standard InChI is InChI=1S/C14H8BrIO/c15-7-8-1-3-10-12-6-9(16)2-4-11(12)14(17)13(10)5-8/h1-6H,7H2. The van der Waals surface area contributed by atoms with E-state index in [-0.39, 0.29) is 5.78 Å². The number of halogens is 2. The lowest BCUT2D eigenvalue weighted by Gasteiger charge is -2.01. The number of rotatable bonds is 1. The van der Waals surface area contributed by atoms with Crippen molar-refractivity contribution in [2.75, 3.05) is 0 Å². The van der Waals surface area contributed by atoms with E-state index in [4.69, 9.17) is 0 Å². The molecule has 0 saturated heterocycles. The molecule has 17 heavy (non-hydrogen) atoms. The van der Waals surface area contributed by atoms with Crippen LogP contribution in [0.3, 0.4) is 0 Å². The van der Waals surface area contributed by atoms with Crippen LogP contribution in [-0.4, -0.2) is 5.78 Å². The zero-order valence-corrected chi connectivity index (χ0v) is 12.6. The first-order chi connectivity index (χ1) is 8.20. The number of alkyl halides is 1. The summed E-state index contributed by atoms with van der Waals surface area (Å²) in [5.41, 5.74) is 4.93. The smallest absolute Gasteiger partial charge is 0.194 e. The lowest BCUT2D eigenvalue weighted by atomic mass is 10.0. The van der Waals surface area contributed by atoms with Crippen molar-refractivity contribution < 1.29 is 4.79 Å². The van der Waals surface area contributed by atoms with Crippen molar-refractivity contribution in [1.29, 1.82) is 0 Å². The van der Waals surface area contributed by atoms with E-state index in [9.17, 15) is 4.79 Å². The first-order valence-corrected chi connectivity index (χ1v) is 7.44. The van der Waals surface area contributed by atoms with Crippen LogP contribution >= 0.6 is 38.5 Å². The Labute approximate surface area is 122 Å². The number of carbonyl (C=O) groups excluding carboxylic acids is 1. The molecule has 0 unspecified atom stereocenters. The molecule has 2 aromatic carbocycles. The third kappa shape index (κ3) is 1.76. The van der Waals surface area contributed by atoms with E-state index < -0.39 is 0 Å². The van der Waals surface area contributed by atoms with Crippen molar-refractivity contribution in [2.45, 2.75) is 5.33 Å². The summed E-state index contributed by atoms with van der Waals surface area (Å²) in [6.07, 6.45) is 0. The molecule has 1 aliphatic rings. The second-order valence-electron chi connectivity index (χ2n) is 4.03. The molecule has 1 nitrogen and oxygen atoms in total. The van der Waals surface area contributed by atoms with E-state index >= 15 is 0 Å². The molecule has 2 aromatic rings. The molecule has 0 spiro atoms. The van der Waals surface area contributed by atoms with Gasteiger partial charge in [0, 0.05) is 20.0 Å². The molecule has 0 radical (unpaired) electrons. The van der Waals surface area contributed by atoms with Gasteiger partial charge in [0.1, 0.15) is 0 Å². The summed E-state index contributed by atoms with van der Waals surface area (Å²) >= 11 is 5.69. The van der Waals surface area contributed by atoms with Gasteiger partial charge in [-0.1, -0.05) is 28.1 Å². The Kier molecular flexibility index (Phi) is 2.83. The Morgan fingerprint density at radius 3 is 2.47 bits per heavy atom. The van der Waals surface area contributed by atoms with E-state index in [2.05, 4.69) is 50.7 Å². The molecule has 0 amide bonds. The molecule has 3 heteroatoms. The number of hydrogen-bond donors (Lipinski definition) is 0. The summed E-state index contributed by atoms with van der Waals surface area (Å²) in [7, 11) is 0. The van der Waals surface area contributed by atoms with Crippen molar-refractivity contribution in [3.05, 3.63) is 56.7 Å². The van der Waals surface area contributed by atoms with E-state index in [0.29, 0.717) is 0 Å². The van der Waals surface area contributed by atoms with Crippen molar-refractivity contribution in [3.8, 4) is 11.1 Å². The first-order valence-electron chi connectivity index (χ1n) is 5.24. The number of fused-ring (bicyclic) bond motifs is 3. The summed E-state index contributed by atoms with van der Waals surface area (Å²) < 4.78 is 1.16. The molecular formula is C14H8BrIO. The molecule has 0 aromatic heterocycles. The van der Waals surface area contributed by atoms with Crippen LogP contribution in [0.25, 0.3) is 11.1 Å². The average molecular weight is 399 g/mol. The molecule has 0 fully saturated rings. The van der Waals surface area contributed by atoms with Crippen LogP contribution in [-0.2, 0) is 5.33 Å². The summed E-state index contributed by atoms with van der Waals surface area (Å²) in [4.78, 5) is 12.2. The van der Waals surface area contributed by atoms with Gasteiger partial charge >= 0.3 is 0 Å². The Balaban J connectivity index is 2.28. The molecule has 0 atom stereocenters. The van der Waals surface area contributed by atoms with Gasteiger partial charge in [0.05, 0.1) is 0 Å². The second-order valence-corrected chi connectivity index (χ2v) is 5.84. The van der Waals surface area contributed by atoms with Gasteiger partial charge in [-0.15, -0.1) is 0 Å². The highest BCUT2D eigenvalue weighted by Gasteiger charge is 2.26. The highest BCUT2D eigenvalue weighted by molar-refractivity contribution is 14.1. The average Bonchev–Trinajstić information content (AvgIpc) is 2.62. The minimum Gasteiger partial charge on any atom is -0.289 e. The zero-order chi connectivity index (χ0) is 12.0. The fourth-order valence-electron chi connectivity index (χ4n) is 2.18. The topological polar surface area (TPSA) is 17.1 Å². The third-order valence-electron chi connectivity index (χ3n) is 3.00. The van der Waals surface area contributed by atoms with Crippen molar-refractivity contribution in [2.24, 2.45) is 0 Å². The van der Waals surface area contributed by atoms with Gasteiger partial charge in [-0.2, -0.15) is 0 Å². The molecule has 0 saturated carbocycles. The lowest BCUT2D eigenvalue weighted by molar-refractivity contribution is 0.104. The SMILES string of the molecule is O=C1c2cc(CBr)ccc2-c2cc(I)ccc21. The van der Waals surface area contributed by atoms with Crippen LogP contribution in [0.4, 0.5) is 0 Å². The van der Waals surface area contributed by atoms with Gasteiger partial charge in [0.15, 0.2) is 5.78 Å². The second kappa shape index (κ2) is 4.21. The van der Waals surface area contributed by atoms with Crippen LogP contribution < -0.4 is 0 Å². The highest BCUT2D eigenvalue weighted by atomic mass is 127. The molecule has 0 heterocycles. The maximum absolute atomic E-state index is 12.2. The Hall–Kier alpha value is -0.680. The van der Waals surface area contributed by atoms with Gasteiger partial charge in [-0.3, -0.25) is 4.79 Å². The minimum absolute atomic E-state index is 0.147. The lowest BCUT2D eigenvalue weighted by Crippen LogP contribution is -1.95. The van der Waals surface area contributed by atoms with Gasteiger partial charge in [-0.25, -0.2) is 0 Å². The monoisotopic (exact) mass is 398 g/mol. The Morgan fingerprint density at radius 2 is 1.71 bits per heavy atom. The van der Waals surface area contributed by atoms with Gasteiger partial charge in [0.25, 0.3) is 0 Å². The van der Waals surface area contributed by atoms with Gasteiger partial charge < -0.3 is 0 Å². The number of benzene rings is 2. The maximum atomic E-state index is 12.2. The molecular weight excluding hydrogens is 391 g/mol. The maximum Gasteiger partial charge on any atom is 0.194 e. The molecule has 0 N–H and O–H groups in total. The Morgan fingerprint density at radius 1 is 0.941 bits per heavy atom. The zero-order valence-electron chi connectivity index (χ0n) is 8.84. The quantitative estimate of drug-likeness (QED) is 0.438. The van der Waals surface area contributed by atoms with Crippen LogP contribution in [0.5, 0.6) is 0 Å². The van der Waals surface area contributed by atoms with E-state index in [0.717, 1.165) is 36.7 Å². The highest BCUT2D eigenvalue weighted by Crippen LogP contribution is 2.37. The Bertz CT molecular complexity index is 634. The van der Waals surface area contributed by atoms with E-state index in [1.165, 1.54) is 0 Å². The number of ketones is 1. The van der Waals surface area contributed by atoms with Crippen LogP contribution in [0.1, 0.15) is 21.5 Å². The predicted octanol–water partition coefficient (Wildman–Crippen LogP) is 4.40. The first kappa shape index (κ1) is 11.4. The summed E-state index contributed by atoms with van der Waals surface area (Å²) in [5.74, 6) is 0.147. The summed E-state index contributed by atoms with van der Waals surface area (Å²) in [6.45, 7) is 0. The number of carbonyl (C=O) groups is 1. The van der Waals surface area contributed by atoms with E-state index in [1.54, 1.807) is 0 Å². The third-order valence-corrected chi connectivity index (χ3v) is 4.32. The molecule has 84 valence electrons. The summed E-state index contributed by atoms with van der Waals surface area (Å²) in [5, 5.41) is 0.779. The van der Waals surface area contributed by atoms with Crippen LogP contribution in [0, 0.1) is 3.57 Å². The van der Waals surface area contributed by atoms with Gasteiger partial charge in [-0.05, 0) is 63.5 Å². The normalized spacial score (nSPS) is 12.5. The van der Waals surface area contributed by atoms with Crippen LogP contribution in [0.15, 0.2) is 36.4 Å². The largest absolute Gasteiger partial charge is 0.289 e. The molecule has 3 rings (SSSR count). The molecule has 0 bridgehead atoms. The molecule has 0 aliphatic heterocycles. The van der Waals surface area contributed by atoms with Crippen molar-refractivity contribution in [3.63, 3.8) is 0 Å². The fourth-order valence-corrected chi connectivity index (χ4v) is 3.02. The number of hydrogen-bond acceptors (Lipinski definition) is 1. The van der Waals surface area contributed by atoms with Crippen molar-refractivity contribution >= 4 is 44.3 Å². The fraction of sp³-hybridized carbons (Fsp3) is 0.0714. The van der Waals surface area contributed by atoms with Crippen LogP contribution in [0.2, 0.25) is 0 Å². The minimum atomic E-state index is 0.147. The predicted molar refractivity (Wildman–Crippen MR) is 80.7 cm³/mol. The van der Waals surface area contributed by atoms with E-state index in [1.807, 2.05) is 24.3 Å². The van der Waals surface area contributed by atoms with Gasteiger partial charge in [0.2, 0.25) is 0 Å². The summed E-state index contributed by atoms with van der Waals surface area (Å²) in [6, 6.07) is 12.1.